The Bertz CT molecular complexity index is 466. The highest BCUT2D eigenvalue weighted by Gasteiger charge is 2.30. The van der Waals surface area contributed by atoms with Gasteiger partial charge in [-0.2, -0.15) is 0 Å². The third-order valence-corrected chi connectivity index (χ3v) is 3.73. The second kappa shape index (κ2) is 5.71. The molecule has 0 unspecified atom stereocenters. The van der Waals surface area contributed by atoms with Gasteiger partial charge in [0.15, 0.2) is 0 Å². The number of methoxy groups -OCH3 is 2. The SMILES string of the molecule is COc1cc(OC)cc(C(=O)N2CCC(C)(O)CC2)c1. The topological polar surface area (TPSA) is 59.0 Å². The van der Waals surface area contributed by atoms with E-state index in [1.165, 1.54) is 0 Å². The van der Waals surface area contributed by atoms with Gasteiger partial charge < -0.3 is 19.5 Å². The van der Waals surface area contributed by atoms with Crippen LogP contribution in [0.15, 0.2) is 18.2 Å². The van der Waals surface area contributed by atoms with E-state index in [1.807, 2.05) is 6.92 Å². The summed E-state index contributed by atoms with van der Waals surface area (Å²) in [5.74, 6) is 1.13. The first kappa shape index (κ1) is 14.7. The number of rotatable bonds is 3. The molecule has 1 aromatic carbocycles. The molecule has 1 N–H and O–H groups in total. The lowest BCUT2D eigenvalue weighted by Crippen LogP contribution is -2.45. The zero-order valence-corrected chi connectivity index (χ0v) is 12.2. The lowest BCUT2D eigenvalue weighted by atomic mass is 9.93. The van der Waals surface area contributed by atoms with E-state index >= 15 is 0 Å². The summed E-state index contributed by atoms with van der Waals surface area (Å²) < 4.78 is 10.4. The summed E-state index contributed by atoms with van der Waals surface area (Å²) in [5.41, 5.74) is -0.120. The Balaban J connectivity index is 2.17. The number of hydrogen-bond acceptors (Lipinski definition) is 4. The standard InChI is InChI=1S/C15H21NO4/c1-15(18)4-6-16(7-5-15)14(17)11-8-12(19-2)10-13(9-11)20-3/h8-10,18H,4-7H2,1-3H3. The number of amides is 1. The summed E-state index contributed by atoms with van der Waals surface area (Å²) >= 11 is 0. The van der Waals surface area contributed by atoms with E-state index in [0.717, 1.165) is 0 Å². The maximum absolute atomic E-state index is 12.5. The van der Waals surface area contributed by atoms with Crippen LogP contribution in [0.25, 0.3) is 0 Å². The normalized spacial score (nSPS) is 17.7. The molecular weight excluding hydrogens is 258 g/mol. The molecule has 1 aliphatic rings. The molecule has 1 aromatic rings. The maximum atomic E-state index is 12.5. The Morgan fingerprint density at radius 2 is 1.65 bits per heavy atom. The number of likely N-dealkylation sites (tertiary alicyclic amines) is 1. The second-order valence-corrected chi connectivity index (χ2v) is 5.39. The van der Waals surface area contributed by atoms with Crippen LogP contribution in [0.2, 0.25) is 0 Å². The molecule has 0 spiro atoms. The van der Waals surface area contributed by atoms with Crippen LogP contribution in [0.5, 0.6) is 11.5 Å². The quantitative estimate of drug-likeness (QED) is 0.914. The van der Waals surface area contributed by atoms with Gasteiger partial charge >= 0.3 is 0 Å². The Morgan fingerprint density at radius 3 is 2.10 bits per heavy atom. The molecule has 0 aliphatic carbocycles. The summed E-state index contributed by atoms with van der Waals surface area (Å²) in [4.78, 5) is 14.2. The third-order valence-electron chi connectivity index (χ3n) is 3.73. The molecule has 0 aromatic heterocycles. The fourth-order valence-corrected chi connectivity index (χ4v) is 2.31. The predicted octanol–water partition coefficient (Wildman–Crippen LogP) is 1.69. The number of aliphatic hydroxyl groups is 1. The molecule has 0 radical (unpaired) electrons. The van der Waals surface area contributed by atoms with Gasteiger partial charge in [-0.1, -0.05) is 0 Å². The molecule has 0 saturated carbocycles. The maximum Gasteiger partial charge on any atom is 0.254 e. The number of carbonyl (C=O) groups is 1. The van der Waals surface area contributed by atoms with Gasteiger partial charge in [0.1, 0.15) is 11.5 Å². The molecule has 20 heavy (non-hydrogen) atoms. The minimum Gasteiger partial charge on any atom is -0.497 e. The fraction of sp³-hybridized carbons (Fsp3) is 0.533. The number of nitrogens with zero attached hydrogens (tertiary/aromatic N) is 1. The molecule has 1 saturated heterocycles. The van der Waals surface area contributed by atoms with Crippen molar-refractivity contribution in [2.75, 3.05) is 27.3 Å². The molecule has 1 aliphatic heterocycles. The summed E-state index contributed by atoms with van der Waals surface area (Å²) in [7, 11) is 3.11. The van der Waals surface area contributed by atoms with Crippen molar-refractivity contribution < 1.29 is 19.4 Å². The van der Waals surface area contributed by atoms with E-state index in [1.54, 1.807) is 37.3 Å². The molecule has 2 rings (SSSR count). The highest BCUT2D eigenvalue weighted by molar-refractivity contribution is 5.95. The van der Waals surface area contributed by atoms with Gasteiger partial charge in [0, 0.05) is 24.7 Å². The van der Waals surface area contributed by atoms with Crippen molar-refractivity contribution in [3.8, 4) is 11.5 Å². The van der Waals surface area contributed by atoms with Crippen LogP contribution in [0.3, 0.4) is 0 Å². The van der Waals surface area contributed by atoms with Crippen LogP contribution in [0, 0.1) is 0 Å². The summed E-state index contributed by atoms with van der Waals surface area (Å²) in [6, 6.07) is 5.15. The Morgan fingerprint density at radius 1 is 1.15 bits per heavy atom. The average Bonchev–Trinajstić information content (AvgIpc) is 2.46. The van der Waals surface area contributed by atoms with Crippen molar-refractivity contribution in [1.82, 2.24) is 4.90 Å². The van der Waals surface area contributed by atoms with Gasteiger partial charge in [-0.3, -0.25) is 4.79 Å². The van der Waals surface area contributed by atoms with Crippen LogP contribution >= 0.6 is 0 Å². The van der Waals surface area contributed by atoms with Crippen molar-refractivity contribution >= 4 is 5.91 Å². The van der Waals surface area contributed by atoms with E-state index < -0.39 is 5.60 Å². The lowest BCUT2D eigenvalue weighted by molar-refractivity contribution is -0.00204. The van der Waals surface area contributed by atoms with Gasteiger partial charge in [-0.15, -0.1) is 0 Å². The molecule has 0 atom stereocenters. The van der Waals surface area contributed by atoms with E-state index in [4.69, 9.17) is 9.47 Å². The smallest absolute Gasteiger partial charge is 0.254 e. The lowest BCUT2D eigenvalue weighted by Gasteiger charge is -2.35. The molecule has 0 bridgehead atoms. The summed E-state index contributed by atoms with van der Waals surface area (Å²) in [6.07, 6.45) is 1.19. The second-order valence-electron chi connectivity index (χ2n) is 5.39. The molecule has 1 amide bonds. The highest BCUT2D eigenvalue weighted by atomic mass is 16.5. The van der Waals surface area contributed by atoms with Gasteiger partial charge in [0.2, 0.25) is 0 Å². The average molecular weight is 279 g/mol. The zero-order chi connectivity index (χ0) is 14.8. The van der Waals surface area contributed by atoms with Gasteiger partial charge in [0.25, 0.3) is 5.91 Å². The van der Waals surface area contributed by atoms with Crippen LogP contribution < -0.4 is 9.47 Å². The van der Waals surface area contributed by atoms with E-state index in [-0.39, 0.29) is 5.91 Å². The Kier molecular flexibility index (Phi) is 4.18. The van der Waals surface area contributed by atoms with Crippen molar-refractivity contribution in [3.63, 3.8) is 0 Å². The zero-order valence-electron chi connectivity index (χ0n) is 12.2. The number of benzene rings is 1. The van der Waals surface area contributed by atoms with Crippen molar-refractivity contribution in [2.24, 2.45) is 0 Å². The monoisotopic (exact) mass is 279 g/mol. The Hall–Kier alpha value is -1.75. The van der Waals surface area contributed by atoms with Gasteiger partial charge in [-0.05, 0) is 31.9 Å². The van der Waals surface area contributed by atoms with Crippen LogP contribution in [0.4, 0.5) is 0 Å². The number of carbonyl (C=O) groups excluding carboxylic acids is 1. The molecule has 1 heterocycles. The van der Waals surface area contributed by atoms with Crippen LogP contribution in [-0.2, 0) is 0 Å². The fourth-order valence-electron chi connectivity index (χ4n) is 2.31. The molecule has 5 heteroatoms. The number of ether oxygens (including phenoxy) is 2. The predicted molar refractivity (Wildman–Crippen MR) is 75.3 cm³/mol. The van der Waals surface area contributed by atoms with Crippen molar-refractivity contribution in [2.45, 2.75) is 25.4 Å². The summed E-state index contributed by atoms with van der Waals surface area (Å²) in [5, 5.41) is 9.93. The van der Waals surface area contributed by atoms with Crippen molar-refractivity contribution in [1.29, 1.82) is 0 Å². The van der Waals surface area contributed by atoms with E-state index in [9.17, 15) is 9.90 Å². The third kappa shape index (κ3) is 3.22. The highest BCUT2D eigenvalue weighted by Crippen LogP contribution is 2.26. The first-order chi connectivity index (χ1) is 9.45. The number of piperidine rings is 1. The van der Waals surface area contributed by atoms with E-state index in [2.05, 4.69) is 0 Å². The molecular formula is C15H21NO4. The van der Waals surface area contributed by atoms with Crippen LogP contribution in [-0.4, -0.2) is 48.8 Å². The first-order valence-electron chi connectivity index (χ1n) is 6.70. The summed E-state index contributed by atoms with van der Waals surface area (Å²) in [6.45, 7) is 2.93. The molecule has 110 valence electrons. The molecule has 5 nitrogen and oxygen atoms in total. The molecule has 1 fully saturated rings. The number of hydrogen-bond donors (Lipinski definition) is 1. The van der Waals surface area contributed by atoms with E-state index in [0.29, 0.717) is 43.0 Å². The van der Waals surface area contributed by atoms with Gasteiger partial charge in [-0.25, -0.2) is 0 Å². The Labute approximate surface area is 119 Å². The minimum atomic E-state index is -0.664. The van der Waals surface area contributed by atoms with Crippen LogP contribution in [0.1, 0.15) is 30.1 Å². The largest absolute Gasteiger partial charge is 0.497 e. The first-order valence-corrected chi connectivity index (χ1v) is 6.70. The minimum absolute atomic E-state index is 0.0577. The van der Waals surface area contributed by atoms with Crippen molar-refractivity contribution in [3.05, 3.63) is 23.8 Å². The van der Waals surface area contributed by atoms with Gasteiger partial charge in [0.05, 0.1) is 19.8 Å².